The van der Waals surface area contributed by atoms with E-state index in [0.717, 1.165) is 17.4 Å². The molecule has 0 amide bonds. The van der Waals surface area contributed by atoms with E-state index in [9.17, 15) is 4.39 Å². The molecule has 2 heteroatoms. The molecule has 0 N–H and O–H groups in total. The predicted octanol–water partition coefficient (Wildman–Crippen LogP) is 5.71. The van der Waals surface area contributed by atoms with E-state index in [0.29, 0.717) is 5.92 Å². The molecule has 104 valence electrons. The second kappa shape index (κ2) is 5.83. The predicted molar refractivity (Wildman–Crippen MR) is 77.8 cm³/mol. The Kier molecular flexibility index (Phi) is 4.12. The van der Waals surface area contributed by atoms with Crippen molar-refractivity contribution in [2.45, 2.75) is 50.3 Å². The second-order valence-corrected chi connectivity index (χ2v) is 6.80. The highest BCUT2D eigenvalue weighted by atomic mass is 35.5. The molecule has 1 aromatic carbocycles. The lowest BCUT2D eigenvalue weighted by molar-refractivity contribution is 0.127. The van der Waals surface area contributed by atoms with Gasteiger partial charge in [-0.15, -0.1) is 11.6 Å². The first-order chi connectivity index (χ1) is 9.24. The molecule has 2 aliphatic rings. The van der Waals surface area contributed by atoms with Crippen molar-refractivity contribution in [2.24, 2.45) is 17.8 Å². The molecule has 0 aromatic heterocycles. The van der Waals surface area contributed by atoms with Crippen LogP contribution in [0.2, 0.25) is 0 Å². The molecule has 1 aromatic rings. The average molecular weight is 281 g/mol. The Morgan fingerprint density at radius 1 is 0.947 bits per heavy atom. The molecule has 2 fully saturated rings. The van der Waals surface area contributed by atoms with Crippen molar-refractivity contribution in [3.63, 3.8) is 0 Å². The number of rotatable bonds is 2. The van der Waals surface area contributed by atoms with Crippen LogP contribution in [0.3, 0.4) is 0 Å². The van der Waals surface area contributed by atoms with Gasteiger partial charge in [0.25, 0.3) is 0 Å². The molecule has 0 spiro atoms. The van der Waals surface area contributed by atoms with Crippen molar-refractivity contribution in [2.75, 3.05) is 0 Å². The van der Waals surface area contributed by atoms with Gasteiger partial charge in [-0.2, -0.15) is 0 Å². The van der Waals surface area contributed by atoms with E-state index < -0.39 is 0 Å². The fourth-order valence-electron chi connectivity index (χ4n) is 4.09. The van der Waals surface area contributed by atoms with Gasteiger partial charge in [-0.05, 0) is 54.7 Å². The molecule has 0 nitrogen and oxygen atoms in total. The van der Waals surface area contributed by atoms with Crippen LogP contribution < -0.4 is 0 Å². The first-order valence-corrected chi connectivity index (χ1v) is 8.07. The SMILES string of the molecule is Fc1ccc(C(Cl)C2CCC3CCCCC3C2)cc1. The van der Waals surface area contributed by atoms with Gasteiger partial charge in [-0.3, -0.25) is 0 Å². The number of fused-ring (bicyclic) bond motifs is 1. The van der Waals surface area contributed by atoms with E-state index in [1.165, 1.54) is 57.1 Å². The molecule has 0 radical (unpaired) electrons. The first-order valence-electron chi connectivity index (χ1n) is 7.63. The largest absolute Gasteiger partial charge is 0.207 e. The number of alkyl halides is 1. The molecule has 0 saturated heterocycles. The smallest absolute Gasteiger partial charge is 0.123 e. The van der Waals surface area contributed by atoms with Gasteiger partial charge in [0.15, 0.2) is 0 Å². The maximum atomic E-state index is 13.0. The van der Waals surface area contributed by atoms with Gasteiger partial charge in [0.1, 0.15) is 5.82 Å². The van der Waals surface area contributed by atoms with E-state index in [2.05, 4.69) is 0 Å². The van der Waals surface area contributed by atoms with Crippen molar-refractivity contribution in [1.82, 2.24) is 0 Å². The molecule has 2 saturated carbocycles. The maximum Gasteiger partial charge on any atom is 0.123 e. The number of benzene rings is 1. The first kappa shape index (κ1) is 13.4. The van der Waals surface area contributed by atoms with Crippen molar-refractivity contribution < 1.29 is 4.39 Å². The minimum atomic E-state index is -0.177. The average Bonchev–Trinajstić information content (AvgIpc) is 2.47. The highest BCUT2D eigenvalue weighted by Gasteiger charge is 2.35. The van der Waals surface area contributed by atoms with Gasteiger partial charge < -0.3 is 0 Å². The summed E-state index contributed by atoms with van der Waals surface area (Å²) < 4.78 is 13.0. The minimum absolute atomic E-state index is 0.0588. The topological polar surface area (TPSA) is 0 Å². The normalized spacial score (nSPS) is 32.6. The van der Waals surface area contributed by atoms with Gasteiger partial charge in [0.2, 0.25) is 0 Å². The van der Waals surface area contributed by atoms with Crippen LogP contribution in [-0.2, 0) is 0 Å². The summed E-state index contributed by atoms with van der Waals surface area (Å²) in [6.45, 7) is 0. The van der Waals surface area contributed by atoms with Crippen LogP contribution in [0.1, 0.15) is 55.9 Å². The zero-order chi connectivity index (χ0) is 13.2. The molecule has 4 unspecified atom stereocenters. The summed E-state index contributed by atoms with van der Waals surface area (Å²) in [6.07, 6.45) is 9.52. The summed E-state index contributed by atoms with van der Waals surface area (Å²) in [7, 11) is 0. The molecule has 19 heavy (non-hydrogen) atoms. The Balaban J connectivity index is 1.67. The van der Waals surface area contributed by atoms with Gasteiger partial charge in [0.05, 0.1) is 5.38 Å². The summed E-state index contributed by atoms with van der Waals surface area (Å²) in [5, 5.41) is 0.0588. The third-order valence-electron chi connectivity index (χ3n) is 5.18. The summed E-state index contributed by atoms with van der Waals surface area (Å²) in [6, 6.07) is 6.74. The highest BCUT2D eigenvalue weighted by Crippen LogP contribution is 2.47. The third-order valence-corrected chi connectivity index (χ3v) is 5.79. The molecule has 0 heterocycles. The van der Waals surface area contributed by atoms with Crippen LogP contribution in [0.5, 0.6) is 0 Å². The van der Waals surface area contributed by atoms with E-state index in [1.807, 2.05) is 12.1 Å². The molecule has 0 bridgehead atoms. The van der Waals surface area contributed by atoms with E-state index in [4.69, 9.17) is 11.6 Å². The van der Waals surface area contributed by atoms with Crippen LogP contribution >= 0.6 is 11.6 Å². The van der Waals surface area contributed by atoms with Crippen LogP contribution in [0.4, 0.5) is 4.39 Å². The van der Waals surface area contributed by atoms with Crippen LogP contribution in [-0.4, -0.2) is 0 Å². The number of halogens is 2. The molecule has 3 rings (SSSR count). The summed E-state index contributed by atoms with van der Waals surface area (Å²) in [4.78, 5) is 0. The molecule has 2 aliphatic carbocycles. The highest BCUT2D eigenvalue weighted by molar-refractivity contribution is 6.21. The second-order valence-electron chi connectivity index (χ2n) is 6.33. The lowest BCUT2D eigenvalue weighted by Crippen LogP contribution is -2.29. The van der Waals surface area contributed by atoms with Crippen molar-refractivity contribution >= 4 is 11.6 Å². The molecular formula is C17H22ClF. The van der Waals surface area contributed by atoms with Gasteiger partial charge in [-0.1, -0.05) is 37.8 Å². The van der Waals surface area contributed by atoms with Crippen LogP contribution in [0, 0.1) is 23.6 Å². The molecular weight excluding hydrogens is 259 g/mol. The maximum absolute atomic E-state index is 13.0. The molecule has 0 aliphatic heterocycles. The Labute approximate surface area is 120 Å². The van der Waals surface area contributed by atoms with Crippen molar-refractivity contribution in [1.29, 1.82) is 0 Å². The van der Waals surface area contributed by atoms with Crippen molar-refractivity contribution in [3.8, 4) is 0 Å². The zero-order valence-corrected chi connectivity index (χ0v) is 12.1. The summed E-state index contributed by atoms with van der Waals surface area (Å²) >= 11 is 6.65. The lowest BCUT2D eigenvalue weighted by Gasteiger charge is -2.40. The van der Waals surface area contributed by atoms with E-state index in [1.54, 1.807) is 0 Å². The Bertz CT molecular complexity index is 414. The minimum Gasteiger partial charge on any atom is -0.207 e. The Hall–Kier alpha value is -0.560. The lowest BCUT2D eigenvalue weighted by atomic mass is 9.66. The van der Waals surface area contributed by atoms with Gasteiger partial charge in [-0.25, -0.2) is 4.39 Å². The van der Waals surface area contributed by atoms with E-state index >= 15 is 0 Å². The van der Waals surface area contributed by atoms with Gasteiger partial charge >= 0.3 is 0 Å². The quantitative estimate of drug-likeness (QED) is 0.609. The fraction of sp³-hybridized carbons (Fsp3) is 0.647. The Morgan fingerprint density at radius 2 is 1.63 bits per heavy atom. The monoisotopic (exact) mass is 280 g/mol. The summed E-state index contributed by atoms with van der Waals surface area (Å²) in [5.74, 6) is 2.26. The zero-order valence-electron chi connectivity index (χ0n) is 11.3. The fourth-order valence-corrected chi connectivity index (χ4v) is 4.47. The third kappa shape index (κ3) is 2.97. The van der Waals surface area contributed by atoms with Gasteiger partial charge in [0, 0.05) is 0 Å². The van der Waals surface area contributed by atoms with Crippen LogP contribution in [0.15, 0.2) is 24.3 Å². The molecule has 4 atom stereocenters. The van der Waals surface area contributed by atoms with E-state index in [-0.39, 0.29) is 11.2 Å². The van der Waals surface area contributed by atoms with Crippen LogP contribution in [0.25, 0.3) is 0 Å². The summed E-state index contributed by atoms with van der Waals surface area (Å²) in [5.41, 5.74) is 1.09. The van der Waals surface area contributed by atoms with Crippen molar-refractivity contribution in [3.05, 3.63) is 35.6 Å². The standard InChI is InChI=1S/C17H22ClF/c18-17(13-7-9-16(19)10-8-13)15-6-5-12-3-1-2-4-14(12)11-15/h7-10,12,14-15,17H,1-6,11H2. The Morgan fingerprint density at radius 3 is 2.37 bits per heavy atom. The number of hydrogen-bond acceptors (Lipinski definition) is 0. The number of hydrogen-bond donors (Lipinski definition) is 0.